The molecule has 4 saturated heterocycles. The molecule has 0 amide bonds. The van der Waals surface area contributed by atoms with Crippen molar-refractivity contribution < 1.29 is 0 Å². The third-order valence-electron chi connectivity index (χ3n) is 4.88. The van der Waals surface area contributed by atoms with Crippen LogP contribution in [0, 0.1) is 0 Å². The van der Waals surface area contributed by atoms with E-state index in [0.29, 0.717) is 0 Å². The van der Waals surface area contributed by atoms with Gasteiger partial charge >= 0.3 is 0 Å². The Morgan fingerprint density at radius 2 is 1.26 bits per heavy atom. The second-order valence-electron chi connectivity index (χ2n) is 6.61. The molecule has 3 nitrogen and oxygen atoms in total. The first-order chi connectivity index (χ1) is 11.4. The number of hydrogen-bond donors (Lipinski definition) is 0. The Morgan fingerprint density at radius 1 is 0.739 bits per heavy atom. The minimum atomic E-state index is -0.299. The summed E-state index contributed by atoms with van der Waals surface area (Å²) < 4.78 is 0. The van der Waals surface area contributed by atoms with Crippen LogP contribution in [0.1, 0.15) is 0 Å². The fourth-order valence-corrected chi connectivity index (χ4v) is 11.3. The van der Waals surface area contributed by atoms with Crippen LogP contribution in [-0.2, 0) is 0 Å². The van der Waals surface area contributed by atoms with E-state index in [4.69, 9.17) is 0 Å². The van der Waals surface area contributed by atoms with Gasteiger partial charge in [-0.15, -0.1) is 0 Å². The average Bonchev–Trinajstić information content (AvgIpc) is 2.59. The summed E-state index contributed by atoms with van der Waals surface area (Å²) in [4.78, 5) is 8.03. The monoisotopic (exact) mass is 341 g/mol. The third-order valence-corrected chi connectivity index (χ3v) is 11.6. The zero-order chi connectivity index (χ0) is 15.2. The second kappa shape index (κ2) is 5.92. The van der Waals surface area contributed by atoms with Crippen LogP contribution in [0.3, 0.4) is 0 Å². The fourth-order valence-electron chi connectivity index (χ4n) is 4.11. The number of rotatable bonds is 3. The maximum atomic E-state index is 2.76. The summed E-state index contributed by atoms with van der Waals surface area (Å²) in [5.41, 5.74) is 0.748. The van der Waals surface area contributed by atoms with Crippen LogP contribution in [-0.4, -0.2) is 52.8 Å². The Labute approximate surface area is 140 Å². The van der Waals surface area contributed by atoms with Crippen LogP contribution in [0.4, 0.5) is 0 Å². The van der Waals surface area contributed by atoms with Gasteiger partial charge in [0.15, 0.2) is 0 Å². The predicted octanol–water partition coefficient (Wildman–Crippen LogP) is 2.62. The van der Waals surface area contributed by atoms with Crippen LogP contribution in [0.25, 0.3) is 0 Å². The second-order valence-corrected chi connectivity index (χ2v) is 11.5. The Balaban J connectivity index is 1.58. The van der Waals surface area contributed by atoms with E-state index in [1.54, 1.807) is 10.6 Å². The molecule has 4 aliphatic heterocycles. The lowest BCUT2D eigenvalue weighted by molar-refractivity contribution is -0.0318. The third kappa shape index (κ3) is 2.56. The molecule has 6 rings (SSSR count). The maximum Gasteiger partial charge on any atom is 0.0623 e. The first-order valence-corrected chi connectivity index (χ1v) is 11.4. The van der Waals surface area contributed by atoms with Gasteiger partial charge in [-0.3, -0.25) is 14.7 Å². The SMILES string of the molecule is c1ccc(P(c2ccccc2)[C@@H]2N3CN4CN(C3)CP2C4)cc1. The molecule has 5 heteroatoms. The van der Waals surface area contributed by atoms with Gasteiger partial charge in [0.2, 0.25) is 0 Å². The maximum absolute atomic E-state index is 2.76. The lowest BCUT2D eigenvalue weighted by atomic mass is 10.4. The molecule has 0 N–H and O–H groups in total. The molecule has 4 heterocycles. The molecule has 2 aromatic rings. The first-order valence-electron chi connectivity index (χ1n) is 8.21. The minimum Gasteiger partial charge on any atom is -0.273 e. The van der Waals surface area contributed by atoms with E-state index >= 15 is 0 Å². The van der Waals surface area contributed by atoms with E-state index in [1.807, 2.05) is 0 Å². The molecule has 2 unspecified atom stereocenters. The Hall–Kier alpha value is -0.820. The largest absolute Gasteiger partial charge is 0.273 e. The molecule has 3 atom stereocenters. The quantitative estimate of drug-likeness (QED) is 0.795. The Morgan fingerprint density at radius 3 is 1.74 bits per heavy atom. The number of hydrogen-bond acceptors (Lipinski definition) is 3. The van der Waals surface area contributed by atoms with Crippen LogP contribution in [0.15, 0.2) is 60.7 Å². The van der Waals surface area contributed by atoms with Gasteiger partial charge in [-0.25, -0.2) is 0 Å². The highest BCUT2D eigenvalue weighted by Gasteiger charge is 2.48. The summed E-state index contributed by atoms with van der Waals surface area (Å²) >= 11 is 0. The van der Waals surface area contributed by atoms with Crippen LogP contribution in [0.2, 0.25) is 0 Å². The van der Waals surface area contributed by atoms with Crippen molar-refractivity contribution in [1.82, 2.24) is 14.7 Å². The molecule has 0 saturated carbocycles. The topological polar surface area (TPSA) is 9.72 Å². The van der Waals surface area contributed by atoms with E-state index in [9.17, 15) is 0 Å². The number of nitrogens with zero attached hydrogens (tertiary/aromatic N) is 3. The molecular formula is C18H21N3P2. The highest BCUT2D eigenvalue weighted by Crippen LogP contribution is 2.63. The van der Waals surface area contributed by atoms with Crippen molar-refractivity contribution >= 4 is 26.5 Å². The van der Waals surface area contributed by atoms with Crippen molar-refractivity contribution in [2.75, 3.05) is 32.6 Å². The van der Waals surface area contributed by atoms with Crippen molar-refractivity contribution in [3.63, 3.8) is 0 Å². The Bertz CT molecular complexity index is 612. The van der Waals surface area contributed by atoms with Gasteiger partial charge in [0.1, 0.15) is 0 Å². The van der Waals surface area contributed by atoms with Gasteiger partial charge < -0.3 is 0 Å². The van der Waals surface area contributed by atoms with E-state index < -0.39 is 0 Å². The van der Waals surface area contributed by atoms with Crippen molar-refractivity contribution in [1.29, 1.82) is 0 Å². The summed E-state index contributed by atoms with van der Waals surface area (Å²) in [5.74, 6) is 0. The smallest absolute Gasteiger partial charge is 0.0623 e. The zero-order valence-corrected chi connectivity index (χ0v) is 14.9. The van der Waals surface area contributed by atoms with Gasteiger partial charge in [0.05, 0.1) is 25.5 Å². The standard InChI is InChI=1S/C18H21N3P2/c1-3-7-16(8-4-1)23(17-9-5-2-6-10-17)18-21-12-19-11-20(13-21)15-22(18)14-19/h1-10,18H,11-15H2/t18-/m1/s1. The predicted molar refractivity (Wildman–Crippen MR) is 99.6 cm³/mol. The fraction of sp³-hybridized carbons (Fsp3) is 0.333. The molecule has 4 bridgehead atoms. The van der Waals surface area contributed by atoms with E-state index in [1.165, 1.54) is 32.6 Å². The highest BCUT2D eigenvalue weighted by molar-refractivity contribution is 7.84. The molecule has 118 valence electrons. The average molecular weight is 341 g/mol. The summed E-state index contributed by atoms with van der Waals surface area (Å²) in [5, 5.41) is 3.08. The summed E-state index contributed by atoms with van der Waals surface area (Å²) in [6.07, 6.45) is 2.68. The van der Waals surface area contributed by atoms with Gasteiger partial charge in [-0.05, 0) is 18.5 Å². The molecule has 2 aromatic carbocycles. The van der Waals surface area contributed by atoms with Gasteiger partial charge in [0, 0.05) is 12.6 Å². The molecule has 23 heavy (non-hydrogen) atoms. The molecule has 0 radical (unpaired) electrons. The molecule has 4 aliphatic rings. The summed E-state index contributed by atoms with van der Waals surface area (Å²) in [6, 6.07) is 22.5. The van der Waals surface area contributed by atoms with Crippen molar-refractivity contribution in [2.45, 2.75) is 5.52 Å². The Kier molecular flexibility index (Phi) is 3.73. The molecular weight excluding hydrogens is 320 g/mol. The van der Waals surface area contributed by atoms with Gasteiger partial charge in [-0.1, -0.05) is 68.6 Å². The van der Waals surface area contributed by atoms with Crippen molar-refractivity contribution in [3.8, 4) is 0 Å². The minimum absolute atomic E-state index is 0.0449. The van der Waals surface area contributed by atoms with Crippen LogP contribution in [0.5, 0.6) is 0 Å². The zero-order valence-electron chi connectivity index (χ0n) is 13.1. The van der Waals surface area contributed by atoms with Crippen molar-refractivity contribution in [3.05, 3.63) is 60.7 Å². The molecule has 0 aromatic heterocycles. The molecule has 0 aliphatic carbocycles. The van der Waals surface area contributed by atoms with E-state index in [-0.39, 0.29) is 15.8 Å². The summed E-state index contributed by atoms with van der Waals surface area (Å²) in [7, 11) is -0.254. The number of benzene rings is 2. The summed E-state index contributed by atoms with van der Waals surface area (Å²) in [6.45, 7) is 3.52. The lowest BCUT2D eigenvalue weighted by Gasteiger charge is -2.60. The van der Waals surface area contributed by atoms with Crippen LogP contribution < -0.4 is 10.6 Å². The molecule has 0 spiro atoms. The first kappa shape index (κ1) is 14.5. The molecule has 4 fully saturated rings. The normalized spacial score (nSPS) is 34.9. The van der Waals surface area contributed by atoms with Crippen molar-refractivity contribution in [2.24, 2.45) is 0 Å². The highest BCUT2D eigenvalue weighted by atomic mass is 31.2. The van der Waals surface area contributed by atoms with Crippen LogP contribution >= 0.6 is 15.8 Å². The lowest BCUT2D eigenvalue weighted by Crippen LogP contribution is -2.65. The van der Waals surface area contributed by atoms with E-state index in [0.717, 1.165) is 5.52 Å². The van der Waals surface area contributed by atoms with E-state index in [2.05, 4.69) is 75.4 Å². The van der Waals surface area contributed by atoms with Gasteiger partial charge in [-0.2, -0.15) is 0 Å². The van der Waals surface area contributed by atoms with Gasteiger partial charge in [0.25, 0.3) is 0 Å².